The van der Waals surface area contributed by atoms with Gasteiger partial charge in [0, 0.05) is 24.6 Å². The van der Waals surface area contributed by atoms with Gasteiger partial charge in [0.1, 0.15) is 0 Å². The molecule has 0 saturated heterocycles. The molecule has 0 aliphatic rings. The summed E-state index contributed by atoms with van der Waals surface area (Å²) in [6.45, 7) is 2.57. The minimum Gasteiger partial charge on any atom is -0.355 e. The third-order valence-electron chi connectivity index (χ3n) is 4.04. The molecule has 2 aromatic carbocycles. The van der Waals surface area contributed by atoms with E-state index in [9.17, 15) is 9.59 Å². The van der Waals surface area contributed by atoms with Crippen LogP contribution in [-0.4, -0.2) is 27.8 Å². The van der Waals surface area contributed by atoms with Crippen molar-refractivity contribution in [1.82, 2.24) is 14.9 Å². The van der Waals surface area contributed by atoms with Gasteiger partial charge < -0.3 is 5.32 Å². The number of rotatable bonds is 7. The number of nitrogens with zero attached hydrogens (tertiary/aromatic N) is 2. The minimum atomic E-state index is -0.219. The molecule has 0 fully saturated rings. The summed E-state index contributed by atoms with van der Waals surface area (Å²) < 4.78 is 1.54. The Morgan fingerprint density at radius 3 is 2.59 bits per heavy atom. The molecule has 0 aliphatic heterocycles. The summed E-state index contributed by atoms with van der Waals surface area (Å²) >= 11 is 1.16. The van der Waals surface area contributed by atoms with Gasteiger partial charge in [-0.25, -0.2) is 4.98 Å². The highest BCUT2D eigenvalue weighted by Gasteiger charge is 2.10. The van der Waals surface area contributed by atoms with Crippen molar-refractivity contribution in [2.75, 3.05) is 12.3 Å². The Kier molecular flexibility index (Phi) is 6.44. The second-order valence-corrected chi connectivity index (χ2v) is 7.08. The molecule has 6 heteroatoms. The number of thioether (sulfide) groups is 1. The lowest BCUT2D eigenvalue weighted by molar-refractivity contribution is -0.118. The number of aryl methyl sites for hydroxylation is 1. The van der Waals surface area contributed by atoms with Crippen LogP contribution in [0, 0.1) is 6.92 Å². The quantitative estimate of drug-likeness (QED) is 0.641. The van der Waals surface area contributed by atoms with Crippen molar-refractivity contribution in [1.29, 1.82) is 0 Å². The molecule has 0 spiro atoms. The molecule has 138 valence electrons. The van der Waals surface area contributed by atoms with E-state index in [-0.39, 0.29) is 17.2 Å². The number of aromatic nitrogens is 2. The normalized spacial score (nSPS) is 10.6. The van der Waals surface area contributed by atoms with Crippen molar-refractivity contribution in [3.8, 4) is 5.69 Å². The van der Waals surface area contributed by atoms with Crippen LogP contribution in [0.1, 0.15) is 11.1 Å². The molecule has 0 radical (unpaired) electrons. The molecular weight excluding hydrogens is 358 g/mol. The molecule has 0 aliphatic carbocycles. The van der Waals surface area contributed by atoms with E-state index in [1.165, 1.54) is 5.56 Å². The Morgan fingerprint density at radius 2 is 1.85 bits per heavy atom. The summed E-state index contributed by atoms with van der Waals surface area (Å²) in [6, 6.07) is 17.7. The standard InChI is InChI=1S/C21H21N3O2S/c1-16-7-9-18(10-8-16)24-14-13-23-20(21(24)26)27-15-19(25)22-12-11-17-5-3-2-4-6-17/h2-10,13-14H,11-12,15H2,1H3,(H,22,25). The maximum Gasteiger partial charge on any atom is 0.287 e. The van der Waals surface area contributed by atoms with Crippen LogP contribution < -0.4 is 10.9 Å². The predicted molar refractivity (Wildman–Crippen MR) is 108 cm³/mol. The van der Waals surface area contributed by atoms with Crippen LogP contribution in [-0.2, 0) is 11.2 Å². The fraction of sp³-hybridized carbons (Fsp3) is 0.190. The molecule has 3 aromatic rings. The smallest absolute Gasteiger partial charge is 0.287 e. The van der Waals surface area contributed by atoms with Crippen LogP contribution in [0.5, 0.6) is 0 Å². The molecular formula is C21H21N3O2S. The monoisotopic (exact) mass is 379 g/mol. The zero-order chi connectivity index (χ0) is 19.1. The van der Waals surface area contributed by atoms with Gasteiger partial charge in [-0.15, -0.1) is 0 Å². The maximum atomic E-state index is 12.6. The molecule has 5 nitrogen and oxygen atoms in total. The molecule has 27 heavy (non-hydrogen) atoms. The van der Waals surface area contributed by atoms with Crippen LogP contribution >= 0.6 is 11.8 Å². The van der Waals surface area contributed by atoms with Gasteiger partial charge in [-0.1, -0.05) is 59.8 Å². The molecule has 0 atom stereocenters. The Bertz CT molecular complexity index is 953. The van der Waals surface area contributed by atoms with E-state index in [1.54, 1.807) is 17.0 Å². The minimum absolute atomic E-state index is 0.108. The molecule has 1 aromatic heterocycles. The SMILES string of the molecule is Cc1ccc(-n2ccnc(SCC(=O)NCCc3ccccc3)c2=O)cc1. The summed E-state index contributed by atoms with van der Waals surface area (Å²) in [4.78, 5) is 28.8. The van der Waals surface area contributed by atoms with Gasteiger partial charge in [-0.2, -0.15) is 0 Å². The van der Waals surface area contributed by atoms with E-state index in [4.69, 9.17) is 0 Å². The van der Waals surface area contributed by atoms with Gasteiger partial charge in [0.05, 0.1) is 5.75 Å². The van der Waals surface area contributed by atoms with E-state index in [0.29, 0.717) is 11.6 Å². The summed E-state index contributed by atoms with van der Waals surface area (Å²) in [6.07, 6.45) is 3.99. The number of nitrogens with one attached hydrogen (secondary N) is 1. The fourth-order valence-electron chi connectivity index (χ4n) is 2.58. The van der Waals surface area contributed by atoms with Crippen molar-refractivity contribution in [3.63, 3.8) is 0 Å². The maximum absolute atomic E-state index is 12.6. The summed E-state index contributed by atoms with van der Waals surface area (Å²) in [5.74, 6) is 0.0532. The number of amides is 1. The Balaban J connectivity index is 1.56. The Labute approximate surface area is 162 Å². The van der Waals surface area contributed by atoms with E-state index in [1.807, 2.05) is 61.5 Å². The molecule has 0 unspecified atom stereocenters. The summed E-state index contributed by atoms with van der Waals surface area (Å²) in [5, 5.41) is 3.19. The highest BCUT2D eigenvalue weighted by atomic mass is 32.2. The molecule has 1 N–H and O–H groups in total. The number of hydrogen-bond acceptors (Lipinski definition) is 4. The van der Waals surface area contributed by atoms with E-state index >= 15 is 0 Å². The first-order chi connectivity index (χ1) is 13.1. The first-order valence-electron chi connectivity index (χ1n) is 8.71. The second-order valence-electron chi connectivity index (χ2n) is 6.12. The largest absolute Gasteiger partial charge is 0.355 e. The number of carbonyl (C=O) groups is 1. The van der Waals surface area contributed by atoms with Crippen LogP contribution in [0.25, 0.3) is 5.69 Å². The average Bonchev–Trinajstić information content (AvgIpc) is 2.69. The van der Waals surface area contributed by atoms with Crippen molar-refractivity contribution in [2.24, 2.45) is 0 Å². The third kappa shape index (κ3) is 5.31. The summed E-state index contributed by atoms with van der Waals surface area (Å²) in [7, 11) is 0. The molecule has 1 amide bonds. The predicted octanol–water partition coefficient (Wildman–Crippen LogP) is 2.99. The summed E-state index contributed by atoms with van der Waals surface area (Å²) in [5.41, 5.74) is 2.87. The van der Waals surface area contributed by atoms with Gasteiger partial charge in [-0.3, -0.25) is 14.2 Å². The molecule has 3 rings (SSSR count). The van der Waals surface area contributed by atoms with E-state index in [0.717, 1.165) is 29.4 Å². The highest BCUT2D eigenvalue weighted by Crippen LogP contribution is 2.12. The van der Waals surface area contributed by atoms with Gasteiger partial charge in [0.25, 0.3) is 5.56 Å². The van der Waals surface area contributed by atoms with Gasteiger partial charge in [0.15, 0.2) is 5.03 Å². The van der Waals surface area contributed by atoms with Crippen molar-refractivity contribution in [2.45, 2.75) is 18.4 Å². The first-order valence-corrected chi connectivity index (χ1v) is 9.70. The molecule has 0 bridgehead atoms. The Hall–Kier alpha value is -2.86. The lowest BCUT2D eigenvalue weighted by atomic mass is 10.1. The van der Waals surface area contributed by atoms with Crippen LogP contribution in [0.15, 0.2) is 76.8 Å². The van der Waals surface area contributed by atoms with Crippen molar-refractivity contribution >= 4 is 17.7 Å². The van der Waals surface area contributed by atoms with E-state index in [2.05, 4.69) is 10.3 Å². The van der Waals surface area contributed by atoms with Crippen molar-refractivity contribution < 1.29 is 4.79 Å². The van der Waals surface area contributed by atoms with Crippen molar-refractivity contribution in [3.05, 3.63) is 88.5 Å². The van der Waals surface area contributed by atoms with Gasteiger partial charge in [0.2, 0.25) is 5.91 Å². The van der Waals surface area contributed by atoms with Crippen LogP contribution in [0.3, 0.4) is 0 Å². The number of carbonyl (C=O) groups excluding carboxylic acids is 1. The lowest BCUT2D eigenvalue weighted by Crippen LogP contribution is -2.28. The van der Waals surface area contributed by atoms with Crippen LogP contribution in [0.2, 0.25) is 0 Å². The Morgan fingerprint density at radius 1 is 1.11 bits per heavy atom. The van der Waals surface area contributed by atoms with E-state index < -0.39 is 0 Å². The lowest BCUT2D eigenvalue weighted by Gasteiger charge is -2.08. The van der Waals surface area contributed by atoms with Gasteiger partial charge >= 0.3 is 0 Å². The van der Waals surface area contributed by atoms with Crippen LogP contribution in [0.4, 0.5) is 0 Å². The fourth-order valence-corrected chi connectivity index (χ4v) is 3.30. The third-order valence-corrected chi connectivity index (χ3v) is 5.00. The first kappa shape index (κ1) is 18.9. The molecule has 1 heterocycles. The zero-order valence-corrected chi connectivity index (χ0v) is 15.9. The zero-order valence-electron chi connectivity index (χ0n) is 15.1. The second kappa shape index (κ2) is 9.19. The topological polar surface area (TPSA) is 64.0 Å². The highest BCUT2D eigenvalue weighted by molar-refractivity contribution is 7.99. The van der Waals surface area contributed by atoms with Gasteiger partial charge in [-0.05, 0) is 31.0 Å². The average molecular weight is 379 g/mol. The number of hydrogen-bond donors (Lipinski definition) is 1. The number of benzene rings is 2. The molecule has 0 saturated carbocycles.